The zero-order chi connectivity index (χ0) is 18.3. The Morgan fingerprint density at radius 2 is 2.00 bits per heavy atom. The van der Waals surface area contributed by atoms with Gasteiger partial charge in [0.05, 0.1) is 11.1 Å². The molecule has 0 bridgehead atoms. The first-order valence-electron chi connectivity index (χ1n) is 10.3. The topological polar surface area (TPSA) is 41.4 Å². The van der Waals surface area contributed by atoms with Crippen molar-refractivity contribution in [3.63, 3.8) is 0 Å². The number of rotatable bonds is 5. The first-order valence-corrected chi connectivity index (χ1v) is 10.3. The van der Waals surface area contributed by atoms with Gasteiger partial charge in [-0.3, -0.25) is 9.69 Å². The van der Waals surface area contributed by atoms with Crippen LogP contribution in [-0.2, 0) is 11.3 Å². The number of nitrogens with zero attached hydrogens (tertiary/aromatic N) is 4. The van der Waals surface area contributed by atoms with Crippen molar-refractivity contribution < 1.29 is 4.79 Å². The number of carbonyl (C=O) groups excluding carboxylic acids is 1. The molecule has 27 heavy (non-hydrogen) atoms. The SMILES string of the molecule is O=C1N(CC2CC2)CCC[C@]12CCN(Cc1ccccc1-n1cccn1)C2. The lowest BCUT2D eigenvalue weighted by Crippen LogP contribution is -2.50. The van der Waals surface area contributed by atoms with E-state index >= 15 is 0 Å². The minimum Gasteiger partial charge on any atom is -0.342 e. The standard InChI is InChI=1S/C22H28N4O/c27-21-22(9-3-12-25(21)15-18-7-8-18)10-14-24(17-22)16-19-5-1-2-6-20(19)26-13-4-11-23-26/h1-2,4-6,11,13,18H,3,7-10,12,14-17H2/t22-/m1/s1. The van der Waals surface area contributed by atoms with Gasteiger partial charge in [0.2, 0.25) is 5.91 Å². The first kappa shape index (κ1) is 17.0. The second kappa shape index (κ2) is 6.79. The Kier molecular flexibility index (Phi) is 4.27. The molecule has 5 nitrogen and oxygen atoms in total. The Morgan fingerprint density at radius 3 is 2.81 bits per heavy atom. The van der Waals surface area contributed by atoms with Gasteiger partial charge in [-0.05, 0) is 62.3 Å². The van der Waals surface area contributed by atoms with Crippen molar-refractivity contribution in [2.24, 2.45) is 11.3 Å². The van der Waals surface area contributed by atoms with E-state index in [2.05, 4.69) is 39.2 Å². The molecule has 142 valence electrons. The summed E-state index contributed by atoms with van der Waals surface area (Å²) in [4.78, 5) is 17.9. The lowest BCUT2D eigenvalue weighted by Gasteiger charge is -2.39. The molecule has 1 aromatic carbocycles. The smallest absolute Gasteiger partial charge is 0.230 e. The number of amides is 1. The summed E-state index contributed by atoms with van der Waals surface area (Å²) < 4.78 is 1.93. The van der Waals surface area contributed by atoms with Crippen molar-refractivity contribution in [1.29, 1.82) is 0 Å². The van der Waals surface area contributed by atoms with Crippen LogP contribution in [0.4, 0.5) is 0 Å². The fraction of sp³-hybridized carbons (Fsp3) is 0.545. The van der Waals surface area contributed by atoms with Crippen LogP contribution < -0.4 is 0 Å². The van der Waals surface area contributed by atoms with E-state index in [1.807, 2.05) is 23.1 Å². The van der Waals surface area contributed by atoms with E-state index in [0.29, 0.717) is 5.91 Å². The largest absolute Gasteiger partial charge is 0.342 e. The van der Waals surface area contributed by atoms with Crippen molar-refractivity contribution in [1.82, 2.24) is 19.6 Å². The van der Waals surface area contributed by atoms with Crippen LogP contribution in [-0.4, -0.2) is 51.7 Å². The molecule has 2 aromatic rings. The molecule has 2 aliphatic heterocycles. The van der Waals surface area contributed by atoms with Gasteiger partial charge < -0.3 is 4.90 Å². The molecule has 0 N–H and O–H groups in total. The molecule has 2 saturated heterocycles. The maximum Gasteiger partial charge on any atom is 0.230 e. The molecular weight excluding hydrogens is 336 g/mol. The van der Waals surface area contributed by atoms with Crippen molar-refractivity contribution in [3.05, 3.63) is 48.3 Å². The molecule has 1 spiro atoms. The quantitative estimate of drug-likeness (QED) is 0.819. The maximum absolute atomic E-state index is 13.2. The van der Waals surface area contributed by atoms with E-state index in [4.69, 9.17) is 0 Å². The highest BCUT2D eigenvalue weighted by atomic mass is 16.2. The number of para-hydroxylation sites is 1. The van der Waals surface area contributed by atoms with Crippen LogP contribution in [0.15, 0.2) is 42.7 Å². The summed E-state index contributed by atoms with van der Waals surface area (Å²) in [6.45, 7) is 4.77. The van der Waals surface area contributed by atoms with Crippen molar-refractivity contribution in [2.45, 2.75) is 38.6 Å². The van der Waals surface area contributed by atoms with Crippen LogP contribution in [0.25, 0.3) is 5.69 Å². The molecule has 5 heteroatoms. The molecule has 1 aliphatic carbocycles. The van der Waals surface area contributed by atoms with E-state index in [1.54, 1.807) is 0 Å². The first-order chi connectivity index (χ1) is 13.2. The highest BCUT2D eigenvalue weighted by Crippen LogP contribution is 2.42. The van der Waals surface area contributed by atoms with Crippen LogP contribution in [0.2, 0.25) is 0 Å². The fourth-order valence-electron chi connectivity index (χ4n) is 4.93. The van der Waals surface area contributed by atoms with Crippen LogP contribution in [0.1, 0.15) is 37.7 Å². The summed E-state index contributed by atoms with van der Waals surface area (Å²) in [6.07, 6.45) is 9.67. The van der Waals surface area contributed by atoms with Crippen molar-refractivity contribution in [3.8, 4) is 5.69 Å². The number of benzene rings is 1. The molecule has 3 aliphatic rings. The monoisotopic (exact) mass is 364 g/mol. The second-order valence-corrected chi connectivity index (χ2v) is 8.62. The van der Waals surface area contributed by atoms with Crippen LogP contribution in [0.3, 0.4) is 0 Å². The van der Waals surface area contributed by atoms with E-state index < -0.39 is 0 Å². The molecular formula is C22H28N4O. The van der Waals surface area contributed by atoms with Crippen LogP contribution in [0, 0.1) is 11.3 Å². The lowest BCUT2D eigenvalue weighted by molar-refractivity contribution is -0.145. The molecule has 5 rings (SSSR count). The molecule has 3 heterocycles. The summed E-state index contributed by atoms with van der Waals surface area (Å²) in [5.74, 6) is 1.21. The molecule has 1 saturated carbocycles. The number of piperidine rings is 1. The van der Waals surface area contributed by atoms with Crippen LogP contribution >= 0.6 is 0 Å². The number of likely N-dealkylation sites (tertiary alicyclic amines) is 2. The van der Waals surface area contributed by atoms with Gasteiger partial charge in [-0.15, -0.1) is 0 Å². The predicted octanol–water partition coefficient (Wildman–Crippen LogP) is 3.10. The van der Waals surface area contributed by atoms with E-state index in [0.717, 1.165) is 63.6 Å². The van der Waals surface area contributed by atoms with E-state index in [1.165, 1.54) is 18.4 Å². The zero-order valence-corrected chi connectivity index (χ0v) is 15.9. The van der Waals surface area contributed by atoms with Gasteiger partial charge in [0.15, 0.2) is 0 Å². The van der Waals surface area contributed by atoms with Crippen molar-refractivity contribution >= 4 is 5.91 Å². The number of aromatic nitrogens is 2. The minimum absolute atomic E-state index is 0.131. The average Bonchev–Trinajstić information content (AvgIpc) is 3.17. The number of hydrogen-bond donors (Lipinski definition) is 0. The predicted molar refractivity (Wildman–Crippen MR) is 104 cm³/mol. The average molecular weight is 364 g/mol. The van der Waals surface area contributed by atoms with Crippen LogP contribution in [0.5, 0.6) is 0 Å². The molecule has 0 unspecified atom stereocenters. The normalized spacial score (nSPS) is 26.2. The van der Waals surface area contributed by atoms with Gasteiger partial charge >= 0.3 is 0 Å². The van der Waals surface area contributed by atoms with Gasteiger partial charge in [0.25, 0.3) is 0 Å². The third kappa shape index (κ3) is 3.29. The highest BCUT2D eigenvalue weighted by Gasteiger charge is 2.48. The van der Waals surface area contributed by atoms with Gasteiger partial charge in [0, 0.05) is 38.6 Å². The van der Waals surface area contributed by atoms with Gasteiger partial charge in [-0.1, -0.05) is 18.2 Å². The second-order valence-electron chi connectivity index (χ2n) is 8.62. The fourth-order valence-corrected chi connectivity index (χ4v) is 4.93. The third-order valence-corrected chi connectivity index (χ3v) is 6.57. The summed E-state index contributed by atoms with van der Waals surface area (Å²) in [5, 5.41) is 4.40. The van der Waals surface area contributed by atoms with E-state index in [-0.39, 0.29) is 5.41 Å². The molecule has 1 amide bonds. The Labute approximate surface area is 161 Å². The zero-order valence-electron chi connectivity index (χ0n) is 15.9. The number of hydrogen-bond acceptors (Lipinski definition) is 3. The van der Waals surface area contributed by atoms with Gasteiger partial charge in [-0.2, -0.15) is 5.10 Å². The molecule has 0 radical (unpaired) electrons. The Morgan fingerprint density at radius 1 is 1.11 bits per heavy atom. The lowest BCUT2D eigenvalue weighted by atomic mass is 9.78. The van der Waals surface area contributed by atoms with Crippen molar-refractivity contribution in [2.75, 3.05) is 26.2 Å². The summed E-state index contributed by atoms with van der Waals surface area (Å²) in [6, 6.07) is 10.4. The third-order valence-electron chi connectivity index (χ3n) is 6.57. The van der Waals surface area contributed by atoms with Gasteiger partial charge in [-0.25, -0.2) is 4.68 Å². The molecule has 1 atom stereocenters. The Hall–Kier alpha value is -2.14. The highest BCUT2D eigenvalue weighted by molar-refractivity contribution is 5.84. The Balaban J connectivity index is 1.31. The minimum atomic E-state index is -0.131. The number of carbonyl (C=O) groups is 1. The maximum atomic E-state index is 13.2. The van der Waals surface area contributed by atoms with Gasteiger partial charge in [0.1, 0.15) is 0 Å². The molecule has 1 aromatic heterocycles. The summed E-state index contributed by atoms with van der Waals surface area (Å²) in [7, 11) is 0. The summed E-state index contributed by atoms with van der Waals surface area (Å²) >= 11 is 0. The Bertz CT molecular complexity index is 813. The van der Waals surface area contributed by atoms with E-state index in [9.17, 15) is 4.79 Å². The summed E-state index contributed by atoms with van der Waals surface area (Å²) in [5.41, 5.74) is 2.28. The molecule has 3 fully saturated rings.